The maximum Gasteiger partial charge on any atom is 0.253 e. The second-order valence-corrected chi connectivity index (χ2v) is 11.8. The van der Waals surface area contributed by atoms with Crippen LogP contribution in [-0.2, 0) is 6.54 Å². The molecule has 1 N–H and O–H groups in total. The number of ether oxygens (including phenoxy) is 2. The normalized spacial score (nSPS) is 19.2. The maximum atomic E-state index is 13.7. The predicted molar refractivity (Wildman–Crippen MR) is 155 cm³/mol. The zero-order chi connectivity index (χ0) is 27.9. The molecule has 41 heavy (non-hydrogen) atoms. The molecule has 1 saturated heterocycles. The number of tetrazole rings is 1. The molecule has 1 atom stereocenters. The summed E-state index contributed by atoms with van der Waals surface area (Å²) < 4.78 is 13.1. The molecule has 0 spiro atoms. The number of fused-ring (bicyclic) bond motifs is 2. The number of nitrogens with zero attached hydrogens (tertiary/aromatic N) is 6. The van der Waals surface area contributed by atoms with E-state index in [1.807, 2.05) is 10.7 Å². The van der Waals surface area contributed by atoms with E-state index in [-0.39, 0.29) is 24.4 Å². The summed E-state index contributed by atoms with van der Waals surface area (Å²) in [6.07, 6.45) is 5.76. The van der Waals surface area contributed by atoms with E-state index in [0.717, 1.165) is 79.4 Å². The first kappa shape index (κ1) is 26.2. The molecule has 2 aromatic heterocycles. The molecular formula is C31H37N7O3. The van der Waals surface area contributed by atoms with Crippen LogP contribution in [0.15, 0.2) is 41.2 Å². The van der Waals surface area contributed by atoms with Gasteiger partial charge in [0.15, 0.2) is 17.3 Å². The number of benzene rings is 2. The van der Waals surface area contributed by atoms with Gasteiger partial charge in [0.05, 0.1) is 6.04 Å². The number of aromatic amines is 1. The van der Waals surface area contributed by atoms with Crippen molar-refractivity contribution in [3.8, 4) is 11.5 Å². The lowest BCUT2D eigenvalue weighted by Crippen LogP contribution is -2.48. The Hall–Kier alpha value is -3.76. The Balaban J connectivity index is 1.20. The lowest BCUT2D eigenvalue weighted by atomic mass is 9.95. The summed E-state index contributed by atoms with van der Waals surface area (Å²) in [5.74, 6) is 2.40. The van der Waals surface area contributed by atoms with Crippen molar-refractivity contribution in [3.63, 3.8) is 0 Å². The van der Waals surface area contributed by atoms with Gasteiger partial charge in [0.1, 0.15) is 6.04 Å². The molecule has 0 bridgehead atoms. The fourth-order valence-electron chi connectivity index (χ4n) is 6.64. The number of pyridine rings is 1. The molecule has 4 heterocycles. The van der Waals surface area contributed by atoms with E-state index in [1.165, 1.54) is 30.4 Å². The summed E-state index contributed by atoms with van der Waals surface area (Å²) >= 11 is 0. The van der Waals surface area contributed by atoms with E-state index in [1.54, 1.807) is 0 Å². The number of hydrogen-bond acceptors (Lipinski definition) is 8. The number of hydrogen-bond donors (Lipinski definition) is 1. The molecule has 0 unspecified atom stereocenters. The number of H-pyrrole nitrogens is 1. The van der Waals surface area contributed by atoms with E-state index >= 15 is 0 Å². The molecule has 4 aromatic rings. The molecule has 3 aliphatic rings. The smallest absolute Gasteiger partial charge is 0.253 e. The van der Waals surface area contributed by atoms with Crippen molar-refractivity contribution in [1.29, 1.82) is 0 Å². The van der Waals surface area contributed by atoms with Gasteiger partial charge in [0, 0.05) is 43.8 Å². The van der Waals surface area contributed by atoms with Crippen molar-refractivity contribution in [2.45, 2.75) is 64.6 Å². The fraction of sp³-hybridized carbons (Fsp3) is 0.484. The molecule has 7 rings (SSSR count). The van der Waals surface area contributed by atoms with Gasteiger partial charge < -0.3 is 14.5 Å². The van der Waals surface area contributed by atoms with Crippen LogP contribution in [0.3, 0.4) is 0 Å². The lowest BCUT2D eigenvalue weighted by molar-refractivity contribution is 0.0982. The SMILES string of the molecule is Cc1cc2cc([C@@H](c3nnnn3C3CCCCC3)N3CCN(Cc4ccc5c(c4)OCO5)CC3)c(=O)[nH]c2cc1C. The van der Waals surface area contributed by atoms with Crippen LogP contribution in [0.2, 0.25) is 0 Å². The highest BCUT2D eigenvalue weighted by Gasteiger charge is 2.34. The highest BCUT2D eigenvalue weighted by atomic mass is 16.7. The molecule has 10 nitrogen and oxygen atoms in total. The van der Waals surface area contributed by atoms with E-state index in [0.29, 0.717) is 5.56 Å². The molecule has 0 radical (unpaired) electrons. The zero-order valence-electron chi connectivity index (χ0n) is 23.8. The van der Waals surface area contributed by atoms with E-state index < -0.39 is 0 Å². The van der Waals surface area contributed by atoms with Gasteiger partial charge in [-0.05, 0) is 89.5 Å². The van der Waals surface area contributed by atoms with Crippen LogP contribution in [0, 0.1) is 13.8 Å². The number of rotatable bonds is 6. The molecule has 2 aliphatic heterocycles. The summed E-state index contributed by atoms with van der Waals surface area (Å²) in [5.41, 5.74) is 5.07. The first-order valence-corrected chi connectivity index (χ1v) is 14.8. The fourth-order valence-corrected chi connectivity index (χ4v) is 6.64. The summed E-state index contributed by atoms with van der Waals surface area (Å²) in [7, 11) is 0. The third-order valence-corrected chi connectivity index (χ3v) is 9.08. The van der Waals surface area contributed by atoms with Crippen LogP contribution in [0.25, 0.3) is 10.9 Å². The maximum absolute atomic E-state index is 13.7. The molecular weight excluding hydrogens is 518 g/mol. The Labute approximate surface area is 239 Å². The molecule has 10 heteroatoms. The summed E-state index contributed by atoms with van der Waals surface area (Å²) in [6.45, 7) is 8.66. The Morgan fingerprint density at radius 1 is 0.951 bits per heavy atom. The van der Waals surface area contributed by atoms with Crippen LogP contribution >= 0.6 is 0 Å². The quantitative estimate of drug-likeness (QED) is 0.376. The number of piperazine rings is 1. The third kappa shape index (κ3) is 5.10. The van der Waals surface area contributed by atoms with E-state index in [2.05, 4.69) is 74.5 Å². The molecule has 1 saturated carbocycles. The van der Waals surface area contributed by atoms with Gasteiger partial charge in [0.25, 0.3) is 5.56 Å². The lowest BCUT2D eigenvalue weighted by Gasteiger charge is -2.39. The Morgan fingerprint density at radius 3 is 2.56 bits per heavy atom. The van der Waals surface area contributed by atoms with E-state index in [9.17, 15) is 4.79 Å². The highest BCUT2D eigenvalue weighted by Crippen LogP contribution is 2.35. The molecule has 0 amide bonds. The molecule has 2 fully saturated rings. The van der Waals surface area contributed by atoms with Gasteiger partial charge in [-0.3, -0.25) is 14.6 Å². The Kier molecular flexibility index (Phi) is 6.96. The van der Waals surface area contributed by atoms with Gasteiger partial charge in [-0.1, -0.05) is 25.3 Å². The number of aryl methyl sites for hydroxylation is 2. The third-order valence-electron chi connectivity index (χ3n) is 9.08. The molecule has 1 aliphatic carbocycles. The second kappa shape index (κ2) is 10.9. The number of aromatic nitrogens is 5. The zero-order valence-corrected chi connectivity index (χ0v) is 23.8. The second-order valence-electron chi connectivity index (χ2n) is 11.8. The van der Waals surface area contributed by atoms with Gasteiger partial charge in [-0.25, -0.2) is 4.68 Å². The van der Waals surface area contributed by atoms with Crippen molar-refractivity contribution in [2.24, 2.45) is 0 Å². The van der Waals surface area contributed by atoms with Crippen LogP contribution < -0.4 is 15.0 Å². The van der Waals surface area contributed by atoms with Gasteiger partial charge in [-0.2, -0.15) is 0 Å². The van der Waals surface area contributed by atoms with Crippen LogP contribution in [0.1, 0.15) is 72.3 Å². The standard InChI is InChI=1S/C31H37N7O3/c1-20-14-23-17-25(31(39)32-26(23)15-21(20)2)29(30-33-34-35-38(30)24-6-4-3-5-7-24)37-12-10-36(11-13-37)18-22-8-9-27-28(16-22)41-19-40-27/h8-9,14-17,24,29H,3-7,10-13,18-19H2,1-2H3,(H,32,39)/t29-/m0/s1. The van der Waals surface area contributed by atoms with Crippen molar-refractivity contribution < 1.29 is 9.47 Å². The Morgan fingerprint density at radius 2 is 1.73 bits per heavy atom. The van der Waals surface area contributed by atoms with Gasteiger partial charge >= 0.3 is 0 Å². The largest absolute Gasteiger partial charge is 0.454 e. The van der Waals surface area contributed by atoms with Crippen molar-refractivity contribution in [3.05, 3.63) is 74.8 Å². The molecule has 214 valence electrons. The average Bonchev–Trinajstić information content (AvgIpc) is 3.66. The summed E-state index contributed by atoms with van der Waals surface area (Å²) in [6, 6.07) is 12.4. The molecule has 2 aromatic carbocycles. The van der Waals surface area contributed by atoms with Crippen molar-refractivity contribution in [2.75, 3.05) is 33.0 Å². The summed E-state index contributed by atoms with van der Waals surface area (Å²) in [5, 5.41) is 14.2. The van der Waals surface area contributed by atoms with Gasteiger partial charge in [0.2, 0.25) is 6.79 Å². The monoisotopic (exact) mass is 555 g/mol. The average molecular weight is 556 g/mol. The number of nitrogens with one attached hydrogen (secondary N) is 1. The minimum Gasteiger partial charge on any atom is -0.454 e. The van der Waals surface area contributed by atoms with Gasteiger partial charge in [-0.15, -0.1) is 5.10 Å². The first-order chi connectivity index (χ1) is 20.0. The van der Waals surface area contributed by atoms with Crippen LogP contribution in [0.4, 0.5) is 0 Å². The minimum absolute atomic E-state index is 0.0771. The first-order valence-electron chi connectivity index (χ1n) is 14.8. The van der Waals surface area contributed by atoms with Crippen molar-refractivity contribution in [1.82, 2.24) is 35.0 Å². The van der Waals surface area contributed by atoms with Crippen LogP contribution in [0.5, 0.6) is 11.5 Å². The minimum atomic E-state index is -0.325. The van der Waals surface area contributed by atoms with Crippen molar-refractivity contribution >= 4 is 10.9 Å². The Bertz CT molecular complexity index is 1620. The summed E-state index contributed by atoms with van der Waals surface area (Å²) in [4.78, 5) is 21.7. The van der Waals surface area contributed by atoms with Crippen LogP contribution in [-0.4, -0.2) is 68.0 Å². The van der Waals surface area contributed by atoms with E-state index in [4.69, 9.17) is 9.47 Å². The topological polar surface area (TPSA) is 101 Å². The predicted octanol–water partition coefficient (Wildman–Crippen LogP) is 4.27. The highest BCUT2D eigenvalue weighted by molar-refractivity contribution is 5.81.